The van der Waals surface area contributed by atoms with E-state index in [1.54, 1.807) is 0 Å². The van der Waals surface area contributed by atoms with Gasteiger partial charge < -0.3 is 10.6 Å². The van der Waals surface area contributed by atoms with Gasteiger partial charge in [0.25, 0.3) is 0 Å². The standard InChI is InChI=1S/C13H24N4/c1-9-5-6-17(8-10(9)2)13-12(7-14)11(3)15-16(13)4/h9-10H,5-8,14H2,1-4H3. The lowest BCUT2D eigenvalue weighted by atomic mass is 9.88. The highest BCUT2D eigenvalue weighted by Gasteiger charge is 2.26. The maximum absolute atomic E-state index is 5.85. The molecule has 2 rings (SSSR count). The molecule has 96 valence electrons. The van der Waals surface area contributed by atoms with E-state index in [-0.39, 0.29) is 0 Å². The zero-order valence-electron chi connectivity index (χ0n) is 11.4. The summed E-state index contributed by atoms with van der Waals surface area (Å²) < 4.78 is 1.99. The maximum Gasteiger partial charge on any atom is 0.131 e. The molecule has 1 aliphatic rings. The molecule has 2 atom stereocenters. The van der Waals surface area contributed by atoms with E-state index in [1.165, 1.54) is 17.8 Å². The van der Waals surface area contributed by atoms with Crippen LogP contribution in [0.3, 0.4) is 0 Å². The summed E-state index contributed by atoms with van der Waals surface area (Å²) in [4.78, 5) is 2.45. The Kier molecular flexibility index (Phi) is 3.43. The maximum atomic E-state index is 5.85. The van der Waals surface area contributed by atoms with Crippen LogP contribution in [0.15, 0.2) is 0 Å². The van der Waals surface area contributed by atoms with E-state index in [1.807, 2.05) is 18.7 Å². The van der Waals surface area contributed by atoms with Gasteiger partial charge in [-0.05, 0) is 25.2 Å². The van der Waals surface area contributed by atoms with Crippen molar-refractivity contribution in [2.45, 2.75) is 33.7 Å². The van der Waals surface area contributed by atoms with Crippen LogP contribution in [-0.4, -0.2) is 22.9 Å². The molecule has 1 saturated heterocycles. The lowest BCUT2D eigenvalue weighted by Gasteiger charge is -2.37. The van der Waals surface area contributed by atoms with Crippen molar-refractivity contribution < 1.29 is 0 Å². The summed E-state index contributed by atoms with van der Waals surface area (Å²) in [6.45, 7) is 9.55. The number of nitrogens with zero attached hydrogens (tertiary/aromatic N) is 3. The molecule has 2 N–H and O–H groups in total. The van der Waals surface area contributed by atoms with Crippen molar-refractivity contribution in [1.82, 2.24) is 9.78 Å². The predicted molar refractivity (Wildman–Crippen MR) is 71.0 cm³/mol. The Morgan fingerprint density at radius 2 is 2.06 bits per heavy atom. The van der Waals surface area contributed by atoms with Gasteiger partial charge in [0.05, 0.1) is 5.69 Å². The van der Waals surface area contributed by atoms with Crippen molar-refractivity contribution >= 4 is 5.82 Å². The Labute approximate surface area is 104 Å². The van der Waals surface area contributed by atoms with Crippen molar-refractivity contribution in [3.63, 3.8) is 0 Å². The Hall–Kier alpha value is -1.03. The van der Waals surface area contributed by atoms with Crippen molar-refractivity contribution in [2.75, 3.05) is 18.0 Å². The Balaban J connectivity index is 2.28. The lowest BCUT2D eigenvalue weighted by Crippen LogP contribution is -2.40. The Morgan fingerprint density at radius 1 is 1.35 bits per heavy atom. The number of hydrogen-bond acceptors (Lipinski definition) is 3. The van der Waals surface area contributed by atoms with Gasteiger partial charge in [-0.2, -0.15) is 5.10 Å². The summed E-state index contributed by atoms with van der Waals surface area (Å²) in [5, 5.41) is 4.50. The van der Waals surface area contributed by atoms with E-state index in [9.17, 15) is 0 Å². The van der Waals surface area contributed by atoms with Gasteiger partial charge in [0.2, 0.25) is 0 Å². The molecule has 4 heteroatoms. The molecular formula is C13H24N4. The molecule has 0 radical (unpaired) electrons. The lowest BCUT2D eigenvalue weighted by molar-refractivity contribution is 0.321. The molecule has 0 amide bonds. The van der Waals surface area contributed by atoms with Crippen LogP contribution in [0.5, 0.6) is 0 Å². The van der Waals surface area contributed by atoms with Crippen LogP contribution in [0, 0.1) is 18.8 Å². The van der Waals surface area contributed by atoms with Crippen molar-refractivity contribution in [3.8, 4) is 0 Å². The molecule has 2 unspecified atom stereocenters. The molecule has 1 aliphatic heterocycles. The second kappa shape index (κ2) is 4.69. The molecule has 0 aliphatic carbocycles. The SMILES string of the molecule is Cc1nn(C)c(N2CCC(C)C(C)C2)c1CN. The van der Waals surface area contributed by atoms with E-state index in [2.05, 4.69) is 23.8 Å². The number of aryl methyl sites for hydroxylation is 2. The smallest absolute Gasteiger partial charge is 0.131 e. The fraction of sp³-hybridized carbons (Fsp3) is 0.769. The van der Waals surface area contributed by atoms with Gasteiger partial charge in [-0.3, -0.25) is 4.68 Å². The Bertz CT molecular complexity index is 396. The molecule has 0 bridgehead atoms. The highest BCUT2D eigenvalue weighted by molar-refractivity contribution is 5.50. The average molecular weight is 236 g/mol. The summed E-state index contributed by atoms with van der Waals surface area (Å²) in [6, 6.07) is 0. The third-order valence-corrected chi connectivity index (χ3v) is 4.15. The molecule has 1 aromatic rings. The molecule has 1 fully saturated rings. The van der Waals surface area contributed by atoms with Crippen LogP contribution < -0.4 is 10.6 Å². The number of aromatic nitrogens is 2. The number of nitrogens with two attached hydrogens (primary N) is 1. The molecule has 17 heavy (non-hydrogen) atoms. The van der Waals surface area contributed by atoms with Crippen LogP contribution in [0.25, 0.3) is 0 Å². The van der Waals surface area contributed by atoms with E-state index in [4.69, 9.17) is 5.73 Å². The molecule has 1 aromatic heterocycles. The first-order valence-electron chi connectivity index (χ1n) is 6.52. The van der Waals surface area contributed by atoms with Gasteiger partial charge in [0.15, 0.2) is 0 Å². The number of anilines is 1. The second-order valence-corrected chi connectivity index (χ2v) is 5.40. The summed E-state index contributed by atoms with van der Waals surface area (Å²) in [5.41, 5.74) is 8.12. The summed E-state index contributed by atoms with van der Waals surface area (Å²) in [6.07, 6.45) is 1.26. The first kappa shape index (κ1) is 12.4. The van der Waals surface area contributed by atoms with Gasteiger partial charge in [0, 0.05) is 32.2 Å². The summed E-state index contributed by atoms with van der Waals surface area (Å²) in [7, 11) is 2.02. The number of hydrogen-bond donors (Lipinski definition) is 1. The van der Waals surface area contributed by atoms with Crippen LogP contribution >= 0.6 is 0 Å². The summed E-state index contributed by atoms with van der Waals surface area (Å²) in [5.74, 6) is 2.79. The van der Waals surface area contributed by atoms with E-state index in [0.29, 0.717) is 6.54 Å². The van der Waals surface area contributed by atoms with Crippen molar-refractivity contribution in [3.05, 3.63) is 11.3 Å². The highest BCUT2D eigenvalue weighted by Crippen LogP contribution is 2.30. The minimum absolute atomic E-state index is 0.579. The van der Waals surface area contributed by atoms with Gasteiger partial charge in [-0.1, -0.05) is 13.8 Å². The summed E-state index contributed by atoms with van der Waals surface area (Å²) >= 11 is 0. The normalized spacial score (nSPS) is 25.4. The number of piperidine rings is 1. The Morgan fingerprint density at radius 3 is 2.65 bits per heavy atom. The zero-order valence-corrected chi connectivity index (χ0v) is 11.4. The van der Waals surface area contributed by atoms with Crippen molar-refractivity contribution in [2.24, 2.45) is 24.6 Å². The molecule has 0 spiro atoms. The molecule has 4 nitrogen and oxygen atoms in total. The van der Waals surface area contributed by atoms with Crippen LogP contribution in [-0.2, 0) is 13.6 Å². The van der Waals surface area contributed by atoms with Gasteiger partial charge >= 0.3 is 0 Å². The minimum atomic E-state index is 0.579. The molecule has 0 saturated carbocycles. The topological polar surface area (TPSA) is 47.1 Å². The van der Waals surface area contributed by atoms with Gasteiger partial charge in [0.1, 0.15) is 5.82 Å². The van der Waals surface area contributed by atoms with Crippen LogP contribution in [0.4, 0.5) is 5.82 Å². The second-order valence-electron chi connectivity index (χ2n) is 5.40. The largest absolute Gasteiger partial charge is 0.356 e. The third-order valence-electron chi connectivity index (χ3n) is 4.15. The monoisotopic (exact) mass is 236 g/mol. The predicted octanol–water partition coefficient (Wildman–Crippen LogP) is 1.67. The molecular weight excluding hydrogens is 212 g/mol. The van der Waals surface area contributed by atoms with E-state index < -0.39 is 0 Å². The van der Waals surface area contributed by atoms with E-state index >= 15 is 0 Å². The first-order valence-corrected chi connectivity index (χ1v) is 6.52. The first-order chi connectivity index (χ1) is 8.04. The van der Waals surface area contributed by atoms with Crippen molar-refractivity contribution in [1.29, 1.82) is 0 Å². The van der Waals surface area contributed by atoms with E-state index in [0.717, 1.165) is 30.6 Å². The average Bonchev–Trinajstić information content (AvgIpc) is 2.57. The van der Waals surface area contributed by atoms with Crippen LogP contribution in [0.2, 0.25) is 0 Å². The minimum Gasteiger partial charge on any atom is -0.356 e. The van der Waals surface area contributed by atoms with Gasteiger partial charge in [-0.15, -0.1) is 0 Å². The highest BCUT2D eigenvalue weighted by atomic mass is 15.4. The fourth-order valence-electron chi connectivity index (χ4n) is 2.78. The third kappa shape index (κ3) is 2.18. The number of rotatable bonds is 2. The zero-order chi connectivity index (χ0) is 12.6. The van der Waals surface area contributed by atoms with Gasteiger partial charge in [-0.25, -0.2) is 0 Å². The molecule has 0 aromatic carbocycles. The quantitative estimate of drug-likeness (QED) is 0.849. The fourth-order valence-corrected chi connectivity index (χ4v) is 2.78. The van der Waals surface area contributed by atoms with Crippen LogP contribution in [0.1, 0.15) is 31.5 Å². The molecule has 2 heterocycles.